The van der Waals surface area contributed by atoms with E-state index in [9.17, 15) is 22.8 Å². The number of benzene rings is 1. The van der Waals surface area contributed by atoms with E-state index in [4.69, 9.17) is 0 Å². The Labute approximate surface area is 147 Å². The topological polar surface area (TPSA) is 48.3 Å². The highest BCUT2D eigenvalue weighted by Gasteiger charge is 2.47. The van der Waals surface area contributed by atoms with Crippen LogP contribution in [0.5, 0.6) is 0 Å². The van der Waals surface area contributed by atoms with Gasteiger partial charge in [-0.1, -0.05) is 23.8 Å². The summed E-state index contributed by atoms with van der Waals surface area (Å²) in [6, 6.07) is 6.61. The number of halogens is 3. The van der Waals surface area contributed by atoms with E-state index in [0.29, 0.717) is 16.6 Å². The van der Waals surface area contributed by atoms with Gasteiger partial charge in [0.1, 0.15) is 0 Å². The van der Waals surface area contributed by atoms with Gasteiger partial charge in [-0.05, 0) is 26.8 Å². The summed E-state index contributed by atoms with van der Waals surface area (Å²) in [6.45, 7) is 4.49. The molecule has 1 fully saturated rings. The summed E-state index contributed by atoms with van der Waals surface area (Å²) in [6.07, 6.45) is -4.85. The predicted molar refractivity (Wildman–Crippen MR) is 90.1 cm³/mol. The van der Waals surface area contributed by atoms with Crippen molar-refractivity contribution in [2.75, 3.05) is 0 Å². The molecule has 0 bridgehead atoms. The van der Waals surface area contributed by atoms with Crippen LogP contribution in [0.25, 0.3) is 16.5 Å². The van der Waals surface area contributed by atoms with Crippen molar-refractivity contribution in [2.45, 2.75) is 26.9 Å². The Morgan fingerprint density at radius 3 is 2.19 bits per heavy atom. The second kappa shape index (κ2) is 5.86. The maximum Gasteiger partial charge on any atom is 0.417 e. The van der Waals surface area contributed by atoms with Gasteiger partial charge in [0.2, 0.25) is 0 Å². The van der Waals surface area contributed by atoms with Crippen LogP contribution in [0.4, 0.5) is 13.2 Å². The molecule has 1 aromatic heterocycles. The monoisotopic (exact) mass is 363 g/mol. The molecule has 4 nitrogen and oxygen atoms in total. The van der Waals surface area contributed by atoms with Gasteiger partial charge in [0, 0.05) is 29.2 Å². The summed E-state index contributed by atoms with van der Waals surface area (Å²) in [4.78, 5) is 24.1. The number of esters is 2. The van der Waals surface area contributed by atoms with Crippen LogP contribution >= 0.6 is 0 Å². The van der Waals surface area contributed by atoms with Crippen molar-refractivity contribution >= 4 is 28.4 Å². The standard InChI is InChI=1S/C19H16F3NO3/c1-9(2)13-15(18(25)26-17(13)24)16(19(20,21)22)14-10(3)23(4)12-8-6-5-7-11(12)14/h5-8H,1-4H3/b16-15+. The zero-order chi connectivity index (χ0) is 19.4. The lowest BCUT2D eigenvalue weighted by Gasteiger charge is -2.15. The largest absolute Gasteiger partial charge is 0.417 e. The Balaban J connectivity index is 2.53. The first kappa shape index (κ1) is 18.0. The molecule has 0 atom stereocenters. The van der Waals surface area contributed by atoms with Crippen LogP contribution in [-0.2, 0) is 21.4 Å². The highest BCUT2D eigenvalue weighted by Crippen LogP contribution is 2.45. The minimum atomic E-state index is -4.85. The fourth-order valence-electron chi connectivity index (χ4n) is 3.32. The first-order valence-corrected chi connectivity index (χ1v) is 7.86. The van der Waals surface area contributed by atoms with Crippen molar-refractivity contribution in [3.8, 4) is 0 Å². The van der Waals surface area contributed by atoms with Crippen LogP contribution in [-0.4, -0.2) is 22.7 Å². The third-order valence-corrected chi connectivity index (χ3v) is 4.53. The van der Waals surface area contributed by atoms with Gasteiger partial charge in [0.15, 0.2) is 0 Å². The van der Waals surface area contributed by atoms with Crippen LogP contribution < -0.4 is 0 Å². The van der Waals surface area contributed by atoms with Gasteiger partial charge in [0.25, 0.3) is 0 Å². The molecule has 2 heterocycles. The maximum absolute atomic E-state index is 14.1. The molecule has 0 spiro atoms. The molecule has 0 aliphatic carbocycles. The van der Waals surface area contributed by atoms with Crippen molar-refractivity contribution < 1.29 is 27.5 Å². The number of ether oxygens (including phenoxy) is 1. The number of aryl methyl sites for hydroxylation is 1. The molecule has 136 valence electrons. The van der Waals surface area contributed by atoms with Crippen molar-refractivity contribution in [1.82, 2.24) is 4.57 Å². The van der Waals surface area contributed by atoms with Crippen molar-refractivity contribution in [2.24, 2.45) is 7.05 Å². The number of para-hydroxylation sites is 1. The van der Waals surface area contributed by atoms with E-state index in [1.807, 2.05) is 0 Å². The summed E-state index contributed by atoms with van der Waals surface area (Å²) in [5.41, 5.74) is -1.08. The highest BCUT2D eigenvalue weighted by molar-refractivity contribution is 6.23. The lowest BCUT2D eigenvalue weighted by molar-refractivity contribution is -0.150. The van der Waals surface area contributed by atoms with Gasteiger partial charge in [-0.15, -0.1) is 0 Å². The Kier molecular flexibility index (Phi) is 4.05. The SMILES string of the molecule is CC(C)=C1C(=O)OC(=O)/C1=C(\c1c(C)n(C)c2ccccc12)C(F)(F)F. The van der Waals surface area contributed by atoms with Crippen molar-refractivity contribution in [3.05, 3.63) is 52.2 Å². The number of nitrogens with zero attached hydrogens (tertiary/aromatic N) is 1. The van der Waals surface area contributed by atoms with E-state index in [1.165, 1.54) is 13.8 Å². The molecule has 0 amide bonds. The number of cyclic esters (lactones) is 2. The third kappa shape index (κ3) is 2.55. The molecule has 0 N–H and O–H groups in total. The van der Waals surface area contributed by atoms with Gasteiger partial charge < -0.3 is 9.30 Å². The molecule has 1 aliphatic heterocycles. The number of alkyl halides is 3. The fraction of sp³-hybridized carbons (Fsp3) is 0.263. The average Bonchev–Trinajstić information content (AvgIpc) is 2.96. The molecule has 1 saturated heterocycles. The van der Waals surface area contributed by atoms with Gasteiger partial charge in [-0.25, -0.2) is 9.59 Å². The van der Waals surface area contributed by atoms with E-state index in [-0.39, 0.29) is 16.7 Å². The summed E-state index contributed by atoms with van der Waals surface area (Å²) in [5.74, 6) is -2.32. The van der Waals surface area contributed by atoms with Gasteiger partial charge >= 0.3 is 18.1 Å². The molecular formula is C19H16F3NO3. The summed E-state index contributed by atoms with van der Waals surface area (Å²) < 4.78 is 48.4. The zero-order valence-electron chi connectivity index (χ0n) is 14.6. The number of carbonyl (C=O) groups excluding carboxylic acids is 2. The van der Waals surface area contributed by atoms with Crippen LogP contribution in [0.15, 0.2) is 41.0 Å². The smallest absolute Gasteiger partial charge is 0.386 e. The molecule has 0 unspecified atom stereocenters. The maximum atomic E-state index is 14.1. The Morgan fingerprint density at radius 2 is 1.62 bits per heavy atom. The first-order chi connectivity index (χ1) is 12.1. The summed E-state index contributed by atoms with van der Waals surface area (Å²) in [7, 11) is 1.65. The number of carbonyl (C=O) groups is 2. The van der Waals surface area contributed by atoms with E-state index in [0.717, 1.165) is 0 Å². The fourth-order valence-corrected chi connectivity index (χ4v) is 3.32. The average molecular weight is 363 g/mol. The molecule has 26 heavy (non-hydrogen) atoms. The quantitative estimate of drug-likeness (QED) is 0.433. The predicted octanol–water partition coefficient (Wildman–Crippen LogP) is 4.22. The zero-order valence-corrected chi connectivity index (χ0v) is 14.6. The summed E-state index contributed by atoms with van der Waals surface area (Å²) >= 11 is 0. The Morgan fingerprint density at radius 1 is 1.04 bits per heavy atom. The molecule has 7 heteroatoms. The number of allylic oxidation sites excluding steroid dienone is 2. The number of hydrogen-bond acceptors (Lipinski definition) is 3. The second-order valence-electron chi connectivity index (χ2n) is 6.34. The Hall–Kier alpha value is -2.83. The molecule has 0 saturated carbocycles. The van der Waals surface area contributed by atoms with Crippen LogP contribution in [0, 0.1) is 6.92 Å². The molecule has 1 aliphatic rings. The van der Waals surface area contributed by atoms with Gasteiger partial charge in [0.05, 0.1) is 16.7 Å². The van der Waals surface area contributed by atoms with E-state index in [2.05, 4.69) is 4.74 Å². The molecular weight excluding hydrogens is 347 g/mol. The normalized spacial score (nSPS) is 17.1. The van der Waals surface area contributed by atoms with Crippen LogP contribution in [0.2, 0.25) is 0 Å². The van der Waals surface area contributed by atoms with Gasteiger partial charge in [-0.3, -0.25) is 0 Å². The van der Waals surface area contributed by atoms with Crippen molar-refractivity contribution in [3.63, 3.8) is 0 Å². The molecule has 1 aromatic carbocycles. The molecule has 3 rings (SSSR count). The lowest BCUT2D eigenvalue weighted by atomic mass is 9.91. The summed E-state index contributed by atoms with van der Waals surface area (Å²) in [5, 5.41) is 0.354. The minimum Gasteiger partial charge on any atom is -0.386 e. The van der Waals surface area contributed by atoms with E-state index in [1.54, 1.807) is 42.8 Å². The number of fused-ring (bicyclic) bond motifs is 1. The van der Waals surface area contributed by atoms with E-state index < -0.39 is 29.3 Å². The molecule has 2 aromatic rings. The highest BCUT2D eigenvalue weighted by atomic mass is 19.4. The van der Waals surface area contributed by atoms with E-state index >= 15 is 0 Å². The number of hydrogen-bond donors (Lipinski definition) is 0. The first-order valence-electron chi connectivity index (χ1n) is 7.86. The van der Waals surface area contributed by atoms with Crippen molar-refractivity contribution in [1.29, 1.82) is 0 Å². The molecule has 0 radical (unpaired) electrons. The number of aromatic nitrogens is 1. The second-order valence-corrected chi connectivity index (χ2v) is 6.34. The number of rotatable bonds is 1. The van der Waals surface area contributed by atoms with Crippen LogP contribution in [0.1, 0.15) is 25.1 Å². The van der Waals surface area contributed by atoms with Crippen LogP contribution in [0.3, 0.4) is 0 Å². The van der Waals surface area contributed by atoms with Gasteiger partial charge in [-0.2, -0.15) is 13.2 Å². The third-order valence-electron chi connectivity index (χ3n) is 4.53. The Bertz CT molecular complexity index is 1020. The minimum absolute atomic E-state index is 0.115. The lowest BCUT2D eigenvalue weighted by Crippen LogP contribution is -2.17.